The molecule has 1 atom stereocenters. The molecule has 5 heteroatoms. The third-order valence-electron chi connectivity index (χ3n) is 2.57. The largest absolute Gasteiger partial charge is 0.493 e. The van der Waals surface area contributed by atoms with E-state index in [1.54, 1.807) is 25.0 Å². The number of ketones is 1. The molecule has 1 heterocycles. The molecule has 0 aliphatic rings. The van der Waals surface area contributed by atoms with Gasteiger partial charge in [-0.25, -0.2) is 0 Å². The van der Waals surface area contributed by atoms with Crippen LogP contribution in [-0.4, -0.2) is 35.9 Å². The van der Waals surface area contributed by atoms with Crippen LogP contribution in [0.15, 0.2) is 6.20 Å². The number of methoxy groups -OCH3 is 2. The quantitative estimate of drug-likeness (QED) is 0.688. The first-order valence-corrected chi connectivity index (χ1v) is 5.22. The molecule has 0 aromatic carbocycles. The van der Waals surface area contributed by atoms with Crippen LogP contribution < -0.4 is 4.74 Å². The summed E-state index contributed by atoms with van der Waals surface area (Å²) in [6.45, 7) is 1.94. The smallest absolute Gasteiger partial charge is 0.184 e. The van der Waals surface area contributed by atoms with Crippen LogP contribution in [0.1, 0.15) is 30.3 Å². The molecule has 0 saturated carbocycles. The molecule has 0 aliphatic carbocycles. The molecule has 1 aromatic heterocycles. The van der Waals surface area contributed by atoms with Crippen LogP contribution in [0.4, 0.5) is 0 Å². The third-order valence-corrected chi connectivity index (χ3v) is 2.57. The highest BCUT2D eigenvalue weighted by molar-refractivity contribution is 5.96. The zero-order valence-corrected chi connectivity index (χ0v) is 10.2. The molecular formula is C11H18N2O3. The van der Waals surface area contributed by atoms with Gasteiger partial charge in [-0.15, -0.1) is 0 Å². The van der Waals surface area contributed by atoms with Crippen molar-refractivity contribution in [2.24, 2.45) is 7.05 Å². The van der Waals surface area contributed by atoms with Gasteiger partial charge in [0.25, 0.3) is 0 Å². The molecule has 0 radical (unpaired) electrons. The zero-order chi connectivity index (χ0) is 12.1. The second kappa shape index (κ2) is 5.65. The molecule has 1 aromatic rings. The first-order chi connectivity index (χ1) is 7.60. The van der Waals surface area contributed by atoms with Gasteiger partial charge in [-0.05, 0) is 13.3 Å². The lowest BCUT2D eigenvalue weighted by Crippen LogP contribution is -2.12. The van der Waals surface area contributed by atoms with E-state index in [9.17, 15) is 4.79 Å². The van der Waals surface area contributed by atoms with E-state index in [1.807, 2.05) is 6.92 Å². The highest BCUT2D eigenvalue weighted by atomic mass is 16.5. The predicted molar refractivity (Wildman–Crippen MR) is 59.8 cm³/mol. The summed E-state index contributed by atoms with van der Waals surface area (Å²) < 4.78 is 11.7. The molecule has 90 valence electrons. The first-order valence-electron chi connectivity index (χ1n) is 5.22. The topological polar surface area (TPSA) is 53.4 Å². The summed E-state index contributed by atoms with van der Waals surface area (Å²) in [6.07, 6.45) is 2.77. The number of carbonyl (C=O) groups excluding carboxylic acids is 1. The molecule has 0 saturated heterocycles. The van der Waals surface area contributed by atoms with Crippen molar-refractivity contribution < 1.29 is 14.3 Å². The summed E-state index contributed by atoms with van der Waals surface area (Å²) in [7, 11) is 4.90. The fourth-order valence-electron chi connectivity index (χ4n) is 1.46. The van der Waals surface area contributed by atoms with E-state index in [1.165, 1.54) is 7.11 Å². The van der Waals surface area contributed by atoms with E-state index in [4.69, 9.17) is 9.47 Å². The average Bonchev–Trinajstić information content (AvgIpc) is 2.66. The Kier molecular flexibility index (Phi) is 4.49. The minimum atomic E-state index is 0.0285. The minimum Gasteiger partial charge on any atom is -0.493 e. The van der Waals surface area contributed by atoms with Crippen LogP contribution in [0, 0.1) is 0 Å². The van der Waals surface area contributed by atoms with E-state index in [-0.39, 0.29) is 11.9 Å². The summed E-state index contributed by atoms with van der Waals surface area (Å²) in [4.78, 5) is 11.9. The Bertz CT molecular complexity index is 360. The maximum Gasteiger partial charge on any atom is 0.184 e. The van der Waals surface area contributed by atoms with Crippen LogP contribution in [-0.2, 0) is 11.8 Å². The van der Waals surface area contributed by atoms with Crippen molar-refractivity contribution in [3.05, 3.63) is 11.9 Å². The number of hydrogen-bond acceptors (Lipinski definition) is 4. The number of rotatable bonds is 6. The number of carbonyl (C=O) groups is 1. The van der Waals surface area contributed by atoms with E-state index < -0.39 is 0 Å². The Balaban J connectivity index is 2.69. The van der Waals surface area contributed by atoms with Gasteiger partial charge in [-0.2, -0.15) is 5.10 Å². The molecule has 0 N–H and O–H groups in total. The Morgan fingerprint density at radius 2 is 2.25 bits per heavy atom. The van der Waals surface area contributed by atoms with Crippen molar-refractivity contribution in [1.29, 1.82) is 0 Å². The SMILES string of the molecule is COc1cnn(C)c1C(=O)CCC(C)OC. The number of ether oxygens (including phenoxy) is 2. The van der Waals surface area contributed by atoms with E-state index in [0.29, 0.717) is 24.3 Å². The van der Waals surface area contributed by atoms with Crippen molar-refractivity contribution in [3.8, 4) is 5.75 Å². The Labute approximate surface area is 95.3 Å². The summed E-state index contributed by atoms with van der Waals surface area (Å²) in [5.41, 5.74) is 0.519. The van der Waals surface area contributed by atoms with Crippen molar-refractivity contribution in [2.75, 3.05) is 14.2 Å². The number of hydrogen-bond donors (Lipinski definition) is 0. The molecule has 1 rings (SSSR count). The van der Waals surface area contributed by atoms with Gasteiger partial charge in [0, 0.05) is 20.6 Å². The third kappa shape index (κ3) is 2.82. The summed E-state index contributed by atoms with van der Waals surface area (Å²) in [6, 6.07) is 0. The lowest BCUT2D eigenvalue weighted by Gasteiger charge is -2.09. The zero-order valence-electron chi connectivity index (χ0n) is 10.2. The van der Waals surface area contributed by atoms with Gasteiger partial charge in [0.15, 0.2) is 11.5 Å². The van der Waals surface area contributed by atoms with E-state index >= 15 is 0 Å². The fourth-order valence-corrected chi connectivity index (χ4v) is 1.46. The molecule has 0 bridgehead atoms. The first kappa shape index (κ1) is 12.7. The molecule has 0 amide bonds. The molecule has 0 spiro atoms. The van der Waals surface area contributed by atoms with Gasteiger partial charge >= 0.3 is 0 Å². The Hall–Kier alpha value is -1.36. The Morgan fingerprint density at radius 1 is 1.56 bits per heavy atom. The lowest BCUT2D eigenvalue weighted by molar-refractivity contribution is 0.0868. The van der Waals surface area contributed by atoms with Crippen molar-refractivity contribution in [1.82, 2.24) is 9.78 Å². The molecule has 0 aliphatic heterocycles. The summed E-state index contributed by atoms with van der Waals surface area (Å²) >= 11 is 0. The van der Waals surface area contributed by atoms with Gasteiger partial charge in [0.05, 0.1) is 19.4 Å². The molecular weight excluding hydrogens is 208 g/mol. The molecule has 0 fully saturated rings. The number of aryl methyl sites for hydroxylation is 1. The van der Waals surface area contributed by atoms with Gasteiger partial charge in [-0.3, -0.25) is 9.48 Å². The normalized spacial score (nSPS) is 12.5. The van der Waals surface area contributed by atoms with Crippen molar-refractivity contribution in [3.63, 3.8) is 0 Å². The van der Waals surface area contributed by atoms with E-state index in [0.717, 1.165) is 0 Å². The average molecular weight is 226 g/mol. The standard InChI is InChI=1S/C11H18N2O3/c1-8(15-3)5-6-9(14)11-10(16-4)7-12-13(11)2/h7-8H,5-6H2,1-4H3. The van der Waals surface area contributed by atoms with Gasteiger partial charge in [-0.1, -0.05) is 0 Å². The monoisotopic (exact) mass is 226 g/mol. The number of nitrogens with zero attached hydrogens (tertiary/aromatic N) is 2. The van der Waals surface area contributed by atoms with Crippen LogP contribution in [0.25, 0.3) is 0 Å². The second-order valence-electron chi connectivity index (χ2n) is 3.69. The van der Waals surface area contributed by atoms with Crippen molar-refractivity contribution in [2.45, 2.75) is 25.9 Å². The maximum absolute atomic E-state index is 11.9. The summed E-state index contributed by atoms with van der Waals surface area (Å²) in [5, 5.41) is 4.00. The van der Waals surface area contributed by atoms with E-state index in [2.05, 4.69) is 5.10 Å². The van der Waals surface area contributed by atoms with Crippen LogP contribution in [0.2, 0.25) is 0 Å². The fraction of sp³-hybridized carbons (Fsp3) is 0.636. The highest BCUT2D eigenvalue weighted by Gasteiger charge is 2.17. The number of aromatic nitrogens is 2. The molecule has 1 unspecified atom stereocenters. The maximum atomic E-state index is 11.9. The van der Waals surface area contributed by atoms with Gasteiger partial charge in [0.2, 0.25) is 0 Å². The predicted octanol–water partition coefficient (Wildman–Crippen LogP) is 1.43. The second-order valence-corrected chi connectivity index (χ2v) is 3.69. The minimum absolute atomic E-state index is 0.0285. The van der Waals surface area contributed by atoms with Crippen LogP contribution in [0.3, 0.4) is 0 Å². The highest BCUT2D eigenvalue weighted by Crippen LogP contribution is 2.19. The summed E-state index contributed by atoms with van der Waals surface area (Å²) in [5.74, 6) is 0.554. The lowest BCUT2D eigenvalue weighted by atomic mass is 10.1. The van der Waals surface area contributed by atoms with Crippen LogP contribution >= 0.6 is 0 Å². The van der Waals surface area contributed by atoms with Crippen LogP contribution in [0.5, 0.6) is 5.75 Å². The molecule has 5 nitrogen and oxygen atoms in total. The van der Waals surface area contributed by atoms with Gasteiger partial charge < -0.3 is 9.47 Å². The molecule has 16 heavy (non-hydrogen) atoms. The van der Waals surface area contributed by atoms with Gasteiger partial charge in [0.1, 0.15) is 5.69 Å². The number of Topliss-reactive ketones (excluding diaryl/α,β-unsaturated/α-hetero) is 1. The Morgan fingerprint density at radius 3 is 2.81 bits per heavy atom. The van der Waals surface area contributed by atoms with Crippen molar-refractivity contribution >= 4 is 5.78 Å².